The molecule has 2 fully saturated rings. The van der Waals surface area contributed by atoms with Gasteiger partial charge >= 0.3 is 0 Å². The lowest BCUT2D eigenvalue weighted by atomic mass is 9.58. The van der Waals surface area contributed by atoms with Crippen LogP contribution in [-0.2, 0) is 0 Å². The second-order valence-electron chi connectivity index (χ2n) is 6.03. The van der Waals surface area contributed by atoms with Gasteiger partial charge in [-0.05, 0) is 25.0 Å². The van der Waals surface area contributed by atoms with Crippen molar-refractivity contribution < 1.29 is 9.13 Å². The zero-order valence-corrected chi connectivity index (χ0v) is 11.3. The second-order valence-corrected chi connectivity index (χ2v) is 6.03. The van der Waals surface area contributed by atoms with Crippen molar-refractivity contribution >= 4 is 0 Å². The standard InChI is InChI=1S/C16H22FNO/c17-12-7-3-4-8-13(12)19-15-11-14(18)16(15)9-5-1-2-6-10-16/h3-4,7-8,14-15H,1-2,5-6,9-11,18H2. The van der Waals surface area contributed by atoms with E-state index < -0.39 is 0 Å². The van der Waals surface area contributed by atoms with E-state index >= 15 is 0 Å². The summed E-state index contributed by atoms with van der Waals surface area (Å²) in [7, 11) is 0. The minimum absolute atomic E-state index is 0.0949. The van der Waals surface area contributed by atoms with E-state index in [4.69, 9.17) is 10.5 Å². The molecule has 0 aromatic heterocycles. The molecule has 1 aromatic rings. The fraction of sp³-hybridized carbons (Fsp3) is 0.625. The maximum absolute atomic E-state index is 13.7. The summed E-state index contributed by atoms with van der Waals surface area (Å²) in [6, 6.07) is 6.90. The van der Waals surface area contributed by atoms with E-state index in [9.17, 15) is 4.39 Å². The third-order valence-corrected chi connectivity index (χ3v) is 4.99. The van der Waals surface area contributed by atoms with Crippen molar-refractivity contribution in [2.45, 2.75) is 57.1 Å². The molecule has 0 heterocycles. The molecule has 0 bridgehead atoms. The lowest BCUT2D eigenvalue weighted by molar-refractivity contribution is -0.0784. The van der Waals surface area contributed by atoms with Crippen LogP contribution in [0.5, 0.6) is 5.75 Å². The highest BCUT2D eigenvalue weighted by molar-refractivity contribution is 5.25. The van der Waals surface area contributed by atoms with Gasteiger partial charge in [-0.25, -0.2) is 4.39 Å². The van der Waals surface area contributed by atoms with Crippen LogP contribution in [0.1, 0.15) is 44.9 Å². The molecule has 0 radical (unpaired) electrons. The monoisotopic (exact) mass is 263 g/mol. The van der Waals surface area contributed by atoms with Gasteiger partial charge in [0.25, 0.3) is 0 Å². The van der Waals surface area contributed by atoms with E-state index in [2.05, 4.69) is 0 Å². The molecule has 3 rings (SSSR count). The molecule has 2 aliphatic rings. The third kappa shape index (κ3) is 2.25. The second kappa shape index (κ2) is 5.12. The van der Waals surface area contributed by atoms with Crippen LogP contribution in [0.3, 0.4) is 0 Å². The fourth-order valence-corrected chi connectivity index (χ4v) is 3.72. The Labute approximate surface area is 114 Å². The predicted octanol–water partition coefficient (Wildman–Crippen LogP) is 3.64. The van der Waals surface area contributed by atoms with Gasteiger partial charge in [0.05, 0.1) is 0 Å². The van der Waals surface area contributed by atoms with Gasteiger partial charge in [0, 0.05) is 17.9 Å². The van der Waals surface area contributed by atoms with Gasteiger partial charge in [-0.15, -0.1) is 0 Å². The van der Waals surface area contributed by atoms with Crippen molar-refractivity contribution in [1.82, 2.24) is 0 Å². The molecule has 2 atom stereocenters. The number of halogens is 1. The fourth-order valence-electron chi connectivity index (χ4n) is 3.72. The molecule has 2 saturated carbocycles. The number of hydrogen-bond donors (Lipinski definition) is 1. The Kier molecular flexibility index (Phi) is 3.48. The van der Waals surface area contributed by atoms with E-state index in [0.717, 1.165) is 19.3 Å². The molecule has 2 aliphatic carbocycles. The summed E-state index contributed by atoms with van der Waals surface area (Å²) in [6.45, 7) is 0. The van der Waals surface area contributed by atoms with Crippen LogP contribution in [0, 0.1) is 11.2 Å². The van der Waals surface area contributed by atoms with Gasteiger partial charge in [-0.1, -0.05) is 37.8 Å². The Morgan fingerprint density at radius 1 is 1.11 bits per heavy atom. The molecule has 0 amide bonds. The van der Waals surface area contributed by atoms with Crippen molar-refractivity contribution in [2.75, 3.05) is 0 Å². The highest BCUT2D eigenvalue weighted by Crippen LogP contribution is 2.51. The largest absolute Gasteiger partial charge is 0.487 e. The van der Waals surface area contributed by atoms with Crippen LogP contribution in [0.4, 0.5) is 4.39 Å². The lowest BCUT2D eigenvalue weighted by Gasteiger charge is -2.54. The summed E-state index contributed by atoms with van der Waals surface area (Å²) >= 11 is 0. The molecule has 0 saturated heterocycles. The van der Waals surface area contributed by atoms with Gasteiger partial charge in [0.2, 0.25) is 0 Å². The Hall–Kier alpha value is -1.09. The van der Waals surface area contributed by atoms with Gasteiger partial charge < -0.3 is 10.5 Å². The van der Waals surface area contributed by atoms with Crippen molar-refractivity contribution in [2.24, 2.45) is 11.1 Å². The predicted molar refractivity (Wildman–Crippen MR) is 73.5 cm³/mol. The molecule has 2 unspecified atom stereocenters. The van der Waals surface area contributed by atoms with Gasteiger partial charge in [-0.2, -0.15) is 0 Å². The maximum atomic E-state index is 13.7. The zero-order valence-electron chi connectivity index (χ0n) is 11.3. The Morgan fingerprint density at radius 2 is 1.79 bits per heavy atom. The molecule has 1 aromatic carbocycles. The molecule has 3 heteroatoms. The summed E-state index contributed by atoms with van der Waals surface area (Å²) in [4.78, 5) is 0. The number of benzene rings is 1. The summed E-state index contributed by atoms with van der Waals surface area (Å²) in [6.07, 6.45) is 8.25. The average molecular weight is 263 g/mol. The molecule has 104 valence electrons. The van der Waals surface area contributed by atoms with E-state index in [1.165, 1.54) is 31.7 Å². The number of ether oxygens (including phenoxy) is 1. The van der Waals surface area contributed by atoms with Crippen molar-refractivity contribution in [3.63, 3.8) is 0 Å². The lowest BCUT2D eigenvalue weighted by Crippen LogP contribution is -2.63. The summed E-state index contributed by atoms with van der Waals surface area (Å²) in [5, 5.41) is 0. The van der Waals surface area contributed by atoms with E-state index in [1.54, 1.807) is 12.1 Å². The topological polar surface area (TPSA) is 35.2 Å². The Morgan fingerprint density at radius 3 is 2.42 bits per heavy atom. The first-order chi connectivity index (χ1) is 9.22. The number of para-hydroxylation sites is 1. The quantitative estimate of drug-likeness (QED) is 0.884. The molecule has 1 spiro atoms. The summed E-state index contributed by atoms with van der Waals surface area (Å²) < 4.78 is 19.6. The minimum atomic E-state index is -0.272. The normalized spacial score (nSPS) is 29.6. The summed E-state index contributed by atoms with van der Waals surface area (Å²) in [5.41, 5.74) is 6.36. The van der Waals surface area contributed by atoms with Gasteiger partial charge in [-0.3, -0.25) is 0 Å². The first-order valence-electron chi connectivity index (χ1n) is 7.39. The van der Waals surface area contributed by atoms with Crippen molar-refractivity contribution in [1.29, 1.82) is 0 Å². The van der Waals surface area contributed by atoms with Crippen LogP contribution in [0.15, 0.2) is 24.3 Å². The van der Waals surface area contributed by atoms with Gasteiger partial charge in [0.15, 0.2) is 11.6 Å². The van der Waals surface area contributed by atoms with Crippen LogP contribution >= 0.6 is 0 Å². The third-order valence-electron chi connectivity index (χ3n) is 4.99. The van der Waals surface area contributed by atoms with Crippen LogP contribution in [0.2, 0.25) is 0 Å². The maximum Gasteiger partial charge on any atom is 0.165 e. The van der Waals surface area contributed by atoms with Crippen molar-refractivity contribution in [3.05, 3.63) is 30.1 Å². The number of hydrogen-bond acceptors (Lipinski definition) is 2. The first-order valence-corrected chi connectivity index (χ1v) is 7.39. The summed E-state index contributed by atoms with van der Waals surface area (Å²) in [5.74, 6) is 0.106. The SMILES string of the molecule is NC1CC(Oc2ccccc2F)C12CCCCCC2. The molecule has 19 heavy (non-hydrogen) atoms. The number of rotatable bonds is 2. The van der Waals surface area contributed by atoms with E-state index in [1.807, 2.05) is 6.07 Å². The molecule has 0 aliphatic heterocycles. The zero-order chi connectivity index (χ0) is 13.3. The smallest absolute Gasteiger partial charge is 0.165 e. The molecule has 2 N–H and O–H groups in total. The molecule has 2 nitrogen and oxygen atoms in total. The highest BCUT2D eigenvalue weighted by atomic mass is 19.1. The minimum Gasteiger partial charge on any atom is -0.487 e. The van der Waals surface area contributed by atoms with Gasteiger partial charge in [0.1, 0.15) is 6.10 Å². The Balaban J connectivity index is 1.76. The van der Waals surface area contributed by atoms with E-state index in [0.29, 0.717) is 5.75 Å². The van der Waals surface area contributed by atoms with Crippen LogP contribution in [0.25, 0.3) is 0 Å². The number of nitrogens with two attached hydrogens (primary N) is 1. The van der Waals surface area contributed by atoms with Crippen molar-refractivity contribution in [3.8, 4) is 5.75 Å². The average Bonchev–Trinajstić information content (AvgIpc) is 2.68. The van der Waals surface area contributed by atoms with E-state index in [-0.39, 0.29) is 23.4 Å². The highest BCUT2D eigenvalue weighted by Gasteiger charge is 2.54. The Bertz CT molecular complexity index is 440. The molecular formula is C16H22FNO. The first kappa shape index (κ1) is 12.9. The van der Waals surface area contributed by atoms with Crippen LogP contribution < -0.4 is 10.5 Å². The van der Waals surface area contributed by atoms with Crippen LogP contribution in [-0.4, -0.2) is 12.1 Å². The molecular weight excluding hydrogens is 241 g/mol.